The van der Waals surface area contributed by atoms with Gasteiger partial charge < -0.3 is 14.8 Å². The van der Waals surface area contributed by atoms with Crippen molar-refractivity contribution >= 4 is 5.91 Å². The topological polar surface area (TPSA) is 47.6 Å². The van der Waals surface area contributed by atoms with Crippen molar-refractivity contribution in [3.8, 4) is 5.75 Å². The van der Waals surface area contributed by atoms with E-state index in [-0.39, 0.29) is 17.1 Å². The van der Waals surface area contributed by atoms with Crippen molar-refractivity contribution in [3.05, 3.63) is 65.5 Å². The number of hydrogen-bond donors (Lipinski definition) is 1. The number of hydrogen-bond acceptors (Lipinski definition) is 3. The van der Waals surface area contributed by atoms with E-state index in [2.05, 4.69) is 5.32 Å². The summed E-state index contributed by atoms with van der Waals surface area (Å²) in [7, 11) is 0. The van der Waals surface area contributed by atoms with Crippen LogP contribution >= 0.6 is 0 Å². The van der Waals surface area contributed by atoms with Crippen molar-refractivity contribution < 1.29 is 18.7 Å². The summed E-state index contributed by atoms with van der Waals surface area (Å²) in [6, 6.07) is 13.8. The molecule has 138 valence electrons. The second kappa shape index (κ2) is 8.32. The van der Waals surface area contributed by atoms with Gasteiger partial charge in [-0.15, -0.1) is 0 Å². The monoisotopic (exact) mass is 357 g/mol. The Balaban J connectivity index is 1.78. The Bertz CT molecular complexity index is 739. The summed E-state index contributed by atoms with van der Waals surface area (Å²) in [6.45, 7) is 4.12. The lowest BCUT2D eigenvalue weighted by molar-refractivity contribution is 0.0486. The van der Waals surface area contributed by atoms with Gasteiger partial charge in [-0.05, 0) is 49.6 Å². The summed E-state index contributed by atoms with van der Waals surface area (Å²) >= 11 is 0. The molecular formula is C21H24FNO3. The van der Waals surface area contributed by atoms with Crippen molar-refractivity contribution in [2.45, 2.75) is 25.2 Å². The molecule has 26 heavy (non-hydrogen) atoms. The van der Waals surface area contributed by atoms with Gasteiger partial charge in [-0.2, -0.15) is 0 Å². The lowest BCUT2D eigenvalue weighted by Crippen LogP contribution is -2.44. The predicted molar refractivity (Wildman–Crippen MR) is 98.1 cm³/mol. The summed E-state index contributed by atoms with van der Waals surface area (Å²) < 4.78 is 24.4. The molecule has 0 aromatic heterocycles. The van der Waals surface area contributed by atoms with Crippen LogP contribution in [0.1, 0.15) is 35.7 Å². The fourth-order valence-corrected chi connectivity index (χ4v) is 3.41. The largest absolute Gasteiger partial charge is 0.493 e. The smallest absolute Gasteiger partial charge is 0.255 e. The van der Waals surface area contributed by atoms with E-state index < -0.39 is 0 Å². The first-order valence-corrected chi connectivity index (χ1v) is 8.98. The van der Waals surface area contributed by atoms with E-state index in [4.69, 9.17) is 9.47 Å². The fourth-order valence-electron chi connectivity index (χ4n) is 3.41. The highest BCUT2D eigenvalue weighted by atomic mass is 19.1. The Hall–Kier alpha value is -2.40. The summed E-state index contributed by atoms with van der Waals surface area (Å²) in [6.07, 6.45) is 1.57. The second-order valence-corrected chi connectivity index (χ2v) is 6.51. The van der Waals surface area contributed by atoms with Gasteiger partial charge in [-0.25, -0.2) is 4.39 Å². The molecule has 2 aromatic carbocycles. The maximum Gasteiger partial charge on any atom is 0.255 e. The van der Waals surface area contributed by atoms with Gasteiger partial charge in [0.1, 0.15) is 11.6 Å². The van der Waals surface area contributed by atoms with E-state index in [9.17, 15) is 9.18 Å². The molecule has 2 aromatic rings. The Morgan fingerprint density at radius 3 is 2.54 bits per heavy atom. The number of nitrogens with one attached hydrogen (secondary N) is 1. The zero-order chi connectivity index (χ0) is 18.4. The average Bonchev–Trinajstić information content (AvgIpc) is 2.68. The van der Waals surface area contributed by atoms with Crippen LogP contribution in [0.3, 0.4) is 0 Å². The first-order valence-electron chi connectivity index (χ1n) is 8.98. The number of amides is 1. The van der Waals surface area contributed by atoms with Gasteiger partial charge in [0.15, 0.2) is 0 Å². The first kappa shape index (κ1) is 18.4. The van der Waals surface area contributed by atoms with Crippen LogP contribution in [0.2, 0.25) is 0 Å². The molecule has 1 amide bonds. The predicted octanol–water partition coefficient (Wildman–Crippen LogP) is 3.70. The molecule has 1 fully saturated rings. The molecule has 0 radical (unpaired) electrons. The van der Waals surface area contributed by atoms with Crippen LogP contribution in [0.15, 0.2) is 48.5 Å². The lowest BCUT2D eigenvalue weighted by Gasteiger charge is -2.38. The number of ether oxygens (including phenoxy) is 2. The molecule has 1 N–H and O–H groups in total. The Morgan fingerprint density at radius 2 is 1.85 bits per heavy atom. The molecule has 4 nitrogen and oxygen atoms in total. The van der Waals surface area contributed by atoms with Gasteiger partial charge in [-0.3, -0.25) is 4.79 Å². The van der Waals surface area contributed by atoms with E-state index in [1.807, 2.05) is 19.1 Å². The molecule has 1 saturated heterocycles. The molecule has 5 heteroatoms. The van der Waals surface area contributed by atoms with Crippen LogP contribution in [-0.4, -0.2) is 32.3 Å². The minimum absolute atomic E-state index is 0.165. The third-order valence-electron chi connectivity index (χ3n) is 4.93. The lowest BCUT2D eigenvalue weighted by atomic mass is 9.74. The number of carbonyl (C=O) groups excluding carboxylic acids is 1. The Kier molecular flexibility index (Phi) is 5.89. The molecule has 1 heterocycles. The van der Waals surface area contributed by atoms with Crippen molar-refractivity contribution in [2.75, 3.05) is 26.4 Å². The quantitative estimate of drug-likeness (QED) is 0.857. The van der Waals surface area contributed by atoms with Gasteiger partial charge in [0.05, 0.1) is 12.2 Å². The second-order valence-electron chi connectivity index (χ2n) is 6.51. The zero-order valence-electron chi connectivity index (χ0n) is 15.0. The van der Waals surface area contributed by atoms with Crippen LogP contribution < -0.4 is 10.1 Å². The van der Waals surface area contributed by atoms with Gasteiger partial charge in [0.2, 0.25) is 0 Å². The number of rotatable bonds is 6. The molecular weight excluding hydrogens is 333 g/mol. The highest BCUT2D eigenvalue weighted by molar-refractivity contribution is 5.97. The summed E-state index contributed by atoms with van der Waals surface area (Å²) in [5.41, 5.74) is 1.30. The number of halogens is 1. The highest BCUT2D eigenvalue weighted by Crippen LogP contribution is 2.34. The van der Waals surface area contributed by atoms with Crippen molar-refractivity contribution in [2.24, 2.45) is 0 Å². The summed E-state index contributed by atoms with van der Waals surface area (Å²) in [4.78, 5) is 12.7. The minimum atomic E-state index is -0.259. The molecule has 0 bridgehead atoms. The van der Waals surface area contributed by atoms with E-state index in [1.165, 1.54) is 12.1 Å². The van der Waals surface area contributed by atoms with Crippen LogP contribution in [0.25, 0.3) is 0 Å². The van der Waals surface area contributed by atoms with Gasteiger partial charge in [0, 0.05) is 25.2 Å². The third kappa shape index (κ3) is 4.05. The maximum absolute atomic E-state index is 13.3. The van der Waals surface area contributed by atoms with Gasteiger partial charge >= 0.3 is 0 Å². The zero-order valence-corrected chi connectivity index (χ0v) is 15.0. The Labute approximate surface area is 153 Å². The van der Waals surface area contributed by atoms with Crippen LogP contribution in [0.5, 0.6) is 5.75 Å². The molecule has 0 aliphatic carbocycles. The van der Waals surface area contributed by atoms with Crippen molar-refractivity contribution in [1.82, 2.24) is 5.32 Å². The fraction of sp³-hybridized carbons (Fsp3) is 0.381. The normalized spacial score (nSPS) is 16.1. The molecule has 1 aliphatic rings. The number of para-hydroxylation sites is 1. The van der Waals surface area contributed by atoms with E-state index in [0.717, 1.165) is 18.4 Å². The SMILES string of the molecule is CCOc1ccccc1C(=O)NCC1(c2ccc(F)cc2)CCOCC1. The molecule has 0 saturated carbocycles. The van der Waals surface area contributed by atoms with Gasteiger partial charge in [0.25, 0.3) is 5.91 Å². The third-order valence-corrected chi connectivity index (χ3v) is 4.93. The highest BCUT2D eigenvalue weighted by Gasteiger charge is 2.35. The van der Waals surface area contributed by atoms with E-state index in [0.29, 0.717) is 37.7 Å². The van der Waals surface area contributed by atoms with E-state index in [1.54, 1.807) is 24.3 Å². The van der Waals surface area contributed by atoms with E-state index >= 15 is 0 Å². The standard InChI is InChI=1S/C21H24FNO3/c1-2-26-19-6-4-3-5-18(19)20(24)23-15-21(11-13-25-14-12-21)16-7-9-17(22)10-8-16/h3-10H,2,11-15H2,1H3,(H,23,24). The molecule has 3 rings (SSSR count). The molecule has 1 aliphatic heterocycles. The molecule has 0 spiro atoms. The summed E-state index contributed by atoms with van der Waals surface area (Å²) in [5.74, 6) is 0.156. The summed E-state index contributed by atoms with van der Waals surface area (Å²) in [5, 5.41) is 3.05. The number of benzene rings is 2. The van der Waals surface area contributed by atoms with Crippen LogP contribution in [0, 0.1) is 5.82 Å². The Morgan fingerprint density at radius 1 is 1.15 bits per heavy atom. The minimum Gasteiger partial charge on any atom is -0.493 e. The maximum atomic E-state index is 13.3. The van der Waals surface area contributed by atoms with Crippen LogP contribution in [-0.2, 0) is 10.2 Å². The van der Waals surface area contributed by atoms with Crippen molar-refractivity contribution in [1.29, 1.82) is 0 Å². The number of carbonyl (C=O) groups is 1. The molecule has 0 atom stereocenters. The van der Waals surface area contributed by atoms with Gasteiger partial charge in [-0.1, -0.05) is 24.3 Å². The first-order chi connectivity index (χ1) is 12.6. The van der Waals surface area contributed by atoms with Crippen LogP contribution in [0.4, 0.5) is 4.39 Å². The molecule has 0 unspecified atom stereocenters. The van der Waals surface area contributed by atoms with Crippen molar-refractivity contribution in [3.63, 3.8) is 0 Å². The average molecular weight is 357 g/mol.